The van der Waals surface area contributed by atoms with E-state index in [1.54, 1.807) is 43.9 Å². The number of aromatic nitrogens is 5. The Balaban J connectivity index is 1.91. The average molecular weight is 371 g/mol. The number of halogens is 1. The maximum absolute atomic E-state index is 14.9. The molecule has 0 aliphatic heterocycles. The Morgan fingerprint density at radius 2 is 2.07 bits per heavy atom. The molecule has 1 aromatic carbocycles. The first kappa shape index (κ1) is 18.2. The normalized spacial score (nSPS) is 11.9. The number of nitrogens with zero attached hydrogens (tertiary/aromatic N) is 5. The molecule has 3 N–H and O–H groups in total. The average Bonchev–Trinajstić information content (AvgIpc) is 3.01. The maximum atomic E-state index is 14.9. The van der Waals surface area contributed by atoms with Gasteiger partial charge in [0.05, 0.1) is 11.6 Å². The number of hydrogen-bond acceptors (Lipinski definition) is 6. The van der Waals surface area contributed by atoms with Gasteiger partial charge in [-0.25, -0.2) is 19.2 Å². The van der Waals surface area contributed by atoms with Crippen molar-refractivity contribution in [3.8, 4) is 11.4 Å². The van der Waals surface area contributed by atoms with E-state index in [-0.39, 0.29) is 17.3 Å². The molecule has 0 spiro atoms. The van der Waals surface area contributed by atoms with Crippen LogP contribution in [0, 0.1) is 12.7 Å². The smallest absolute Gasteiger partial charge is 0.405 e. The number of aryl methyl sites for hydroxylation is 1. The van der Waals surface area contributed by atoms with Gasteiger partial charge in [0.25, 0.3) is 0 Å². The summed E-state index contributed by atoms with van der Waals surface area (Å²) < 4.78 is 16.5. The molecule has 2 aromatic heterocycles. The van der Waals surface area contributed by atoms with E-state index in [1.807, 2.05) is 0 Å². The SMILES string of the molecule is Cc1c([C@@H](C)NC(=O)O)ccc(-c2ncnc(Nc3ccn(C)n3)n2)c1F. The van der Waals surface area contributed by atoms with Gasteiger partial charge in [0.1, 0.15) is 12.1 Å². The van der Waals surface area contributed by atoms with Gasteiger partial charge in [-0.2, -0.15) is 10.1 Å². The molecule has 0 unspecified atom stereocenters. The topological polar surface area (TPSA) is 118 Å². The summed E-state index contributed by atoms with van der Waals surface area (Å²) >= 11 is 0. The van der Waals surface area contributed by atoms with Gasteiger partial charge in [0, 0.05) is 19.3 Å². The lowest BCUT2D eigenvalue weighted by molar-refractivity contribution is 0.191. The first-order valence-electron chi connectivity index (χ1n) is 8.09. The lowest BCUT2D eigenvalue weighted by atomic mass is 9.98. The van der Waals surface area contributed by atoms with Crippen molar-refractivity contribution in [1.29, 1.82) is 0 Å². The van der Waals surface area contributed by atoms with Crippen LogP contribution in [0.2, 0.25) is 0 Å². The summed E-state index contributed by atoms with van der Waals surface area (Å²) in [5, 5.41) is 18.3. The van der Waals surface area contributed by atoms with E-state index in [0.29, 0.717) is 16.9 Å². The second kappa shape index (κ2) is 7.36. The fraction of sp³-hybridized carbons (Fsp3) is 0.235. The molecular formula is C17H18FN7O2. The molecule has 0 bridgehead atoms. The molecule has 2 heterocycles. The van der Waals surface area contributed by atoms with Crippen molar-refractivity contribution in [2.45, 2.75) is 19.9 Å². The van der Waals surface area contributed by atoms with E-state index in [2.05, 4.69) is 30.7 Å². The molecule has 0 radical (unpaired) electrons. The fourth-order valence-corrected chi connectivity index (χ4v) is 2.69. The van der Waals surface area contributed by atoms with Crippen LogP contribution in [-0.4, -0.2) is 35.9 Å². The number of hydrogen-bond donors (Lipinski definition) is 3. The minimum Gasteiger partial charge on any atom is -0.465 e. The third-order valence-corrected chi connectivity index (χ3v) is 4.00. The monoisotopic (exact) mass is 371 g/mol. The Morgan fingerprint density at radius 3 is 2.74 bits per heavy atom. The molecule has 1 atom stereocenters. The Hall–Kier alpha value is -3.56. The van der Waals surface area contributed by atoms with Gasteiger partial charge >= 0.3 is 6.09 Å². The van der Waals surface area contributed by atoms with Gasteiger partial charge in [0.2, 0.25) is 5.95 Å². The van der Waals surface area contributed by atoms with E-state index in [0.717, 1.165) is 0 Å². The van der Waals surface area contributed by atoms with Gasteiger partial charge in [0.15, 0.2) is 11.6 Å². The van der Waals surface area contributed by atoms with Crippen LogP contribution in [0.5, 0.6) is 0 Å². The zero-order valence-corrected chi connectivity index (χ0v) is 14.9. The number of anilines is 2. The zero-order valence-electron chi connectivity index (χ0n) is 14.9. The van der Waals surface area contributed by atoms with E-state index in [1.165, 1.54) is 12.4 Å². The van der Waals surface area contributed by atoms with Crippen LogP contribution >= 0.6 is 0 Å². The molecule has 0 saturated carbocycles. The molecule has 3 rings (SSSR count). The number of amides is 1. The number of carbonyl (C=O) groups is 1. The van der Waals surface area contributed by atoms with Crippen LogP contribution in [0.1, 0.15) is 24.1 Å². The van der Waals surface area contributed by atoms with Gasteiger partial charge in [-0.15, -0.1) is 0 Å². The van der Waals surface area contributed by atoms with Crippen LogP contribution in [0.25, 0.3) is 11.4 Å². The first-order chi connectivity index (χ1) is 12.8. The molecule has 27 heavy (non-hydrogen) atoms. The maximum Gasteiger partial charge on any atom is 0.405 e. The van der Waals surface area contributed by atoms with Crippen LogP contribution in [-0.2, 0) is 7.05 Å². The minimum absolute atomic E-state index is 0.162. The summed E-state index contributed by atoms with van der Waals surface area (Å²) in [6.07, 6.45) is 1.87. The number of carboxylic acid groups (broad SMARTS) is 1. The summed E-state index contributed by atoms with van der Waals surface area (Å²) in [5.74, 6) is 0.437. The second-order valence-electron chi connectivity index (χ2n) is 5.94. The number of rotatable bonds is 5. The molecule has 0 saturated heterocycles. The molecule has 1 amide bonds. The molecule has 10 heteroatoms. The van der Waals surface area contributed by atoms with E-state index >= 15 is 0 Å². The van der Waals surface area contributed by atoms with Crippen LogP contribution < -0.4 is 10.6 Å². The quantitative estimate of drug-likeness (QED) is 0.631. The van der Waals surface area contributed by atoms with Gasteiger partial charge in [-0.05, 0) is 31.0 Å². The molecule has 3 aromatic rings. The lowest BCUT2D eigenvalue weighted by Crippen LogP contribution is -2.25. The van der Waals surface area contributed by atoms with Crippen LogP contribution in [0.15, 0.2) is 30.7 Å². The third kappa shape index (κ3) is 4.00. The Morgan fingerprint density at radius 1 is 1.30 bits per heavy atom. The van der Waals surface area contributed by atoms with Gasteiger partial charge in [-0.3, -0.25) is 4.68 Å². The minimum atomic E-state index is -1.17. The van der Waals surface area contributed by atoms with E-state index < -0.39 is 18.0 Å². The summed E-state index contributed by atoms with van der Waals surface area (Å²) in [7, 11) is 1.78. The number of nitrogens with one attached hydrogen (secondary N) is 2. The molecule has 0 aliphatic carbocycles. The highest BCUT2D eigenvalue weighted by Gasteiger charge is 2.18. The van der Waals surface area contributed by atoms with Crippen LogP contribution in [0.4, 0.5) is 21.0 Å². The third-order valence-electron chi connectivity index (χ3n) is 4.00. The Bertz CT molecular complexity index is 989. The highest BCUT2D eigenvalue weighted by atomic mass is 19.1. The molecule has 9 nitrogen and oxygen atoms in total. The van der Waals surface area contributed by atoms with Crippen molar-refractivity contribution in [1.82, 2.24) is 30.0 Å². The summed E-state index contributed by atoms with van der Waals surface area (Å²) in [6.45, 7) is 3.23. The second-order valence-corrected chi connectivity index (χ2v) is 5.94. The largest absolute Gasteiger partial charge is 0.465 e. The van der Waals surface area contributed by atoms with Crippen molar-refractivity contribution in [2.24, 2.45) is 7.05 Å². The summed E-state index contributed by atoms with van der Waals surface area (Å²) in [6, 6.07) is 4.38. The van der Waals surface area contributed by atoms with Crippen molar-refractivity contribution in [2.75, 3.05) is 5.32 Å². The molecular weight excluding hydrogens is 353 g/mol. The van der Waals surface area contributed by atoms with E-state index in [9.17, 15) is 9.18 Å². The summed E-state index contributed by atoms with van der Waals surface area (Å²) in [5.41, 5.74) is 1.07. The predicted molar refractivity (Wildman–Crippen MR) is 96.0 cm³/mol. The zero-order chi connectivity index (χ0) is 19.6. The first-order valence-corrected chi connectivity index (χ1v) is 8.09. The Kier molecular flexibility index (Phi) is 4.97. The molecule has 0 aliphatic rings. The van der Waals surface area contributed by atoms with Crippen molar-refractivity contribution in [3.05, 3.63) is 47.7 Å². The standard InChI is InChI=1S/C17H18FN7O2/c1-9-11(10(2)21-17(26)27)4-5-12(14(9)18)15-19-8-20-16(23-15)22-13-6-7-25(3)24-13/h4-8,10,21H,1-3H3,(H,26,27)(H,19,20,22,23,24)/t10-/m1/s1. The lowest BCUT2D eigenvalue weighted by Gasteiger charge is -2.16. The van der Waals surface area contributed by atoms with Crippen molar-refractivity contribution < 1.29 is 14.3 Å². The van der Waals surface area contributed by atoms with Crippen LogP contribution in [0.3, 0.4) is 0 Å². The number of benzene rings is 1. The predicted octanol–water partition coefficient (Wildman–Crippen LogP) is 2.79. The highest BCUT2D eigenvalue weighted by molar-refractivity contribution is 5.66. The van der Waals surface area contributed by atoms with Crippen molar-refractivity contribution in [3.63, 3.8) is 0 Å². The molecule has 0 fully saturated rings. The highest BCUT2D eigenvalue weighted by Crippen LogP contribution is 2.28. The summed E-state index contributed by atoms with van der Waals surface area (Å²) in [4.78, 5) is 23.1. The van der Waals surface area contributed by atoms with Gasteiger partial charge < -0.3 is 15.7 Å². The fourth-order valence-electron chi connectivity index (χ4n) is 2.69. The van der Waals surface area contributed by atoms with Gasteiger partial charge in [-0.1, -0.05) is 6.07 Å². The molecule has 140 valence electrons. The van der Waals surface area contributed by atoms with Crippen molar-refractivity contribution >= 4 is 17.9 Å². The van der Waals surface area contributed by atoms with E-state index in [4.69, 9.17) is 5.11 Å². The Labute approximate surface area is 154 Å².